The molecule has 6 heteroatoms. The summed E-state index contributed by atoms with van der Waals surface area (Å²) in [5, 5.41) is 0. The van der Waals surface area contributed by atoms with Gasteiger partial charge in [-0.25, -0.2) is 0 Å². The first-order valence-electron chi connectivity index (χ1n) is 15.8. The lowest BCUT2D eigenvalue weighted by Crippen LogP contribution is -2.36. The molecule has 0 bridgehead atoms. The van der Waals surface area contributed by atoms with E-state index in [0.717, 1.165) is 34.1 Å². The Balaban J connectivity index is 1.42. The van der Waals surface area contributed by atoms with Gasteiger partial charge in [0.2, 0.25) is 0 Å². The van der Waals surface area contributed by atoms with E-state index in [1.54, 1.807) is 0 Å². The number of benzene rings is 4. The molecular weight excluding hydrogens is 621 g/mol. The van der Waals surface area contributed by atoms with Crippen molar-refractivity contribution < 1.29 is 17.8 Å². The molecule has 0 heterocycles. The normalized spacial score (nSPS) is 13.3. The Kier molecular flexibility index (Phi) is 10.6. The van der Waals surface area contributed by atoms with Crippen LogP contribution in [0.2, 0.25) is 0 Å². The fourth-order valence-electron chi connectivity index (χ4n) is 4.82. The van der Waals surface area contributed by atoms with E-state index in [4.69, 9.17) is 17.8 Å². The van der Waals surface area contributed by atoms with Crippen LogP contribution in [0.15, 0.2) is 110 Å². The molecule has 0 aromatic heterocycles. The molecule has 0 radical (unpaired) electrons. The summed E-state index contributed by atoms with van der Waals surface area (Å²) in [7, 11) is -3.27. The highest BCUT2D eigenvalue weighted by atomic mass is 32.3. The summed E-state index contributed by atoms with van der Waals surface area (Å²) >= 11 is 0. The van der Waals surface area contributed by atoms with Crippen molar-refractivity contribution in [1.82, 2.24) is 0 Å². The van der Waals surface area contributed by atoms with Crippen LogP contribution < -0.4 is 17.8 Å². The second-order valence-electron chi connectivity index (χ2n) is 13.9. The van der Waals surface area contributed by atoms with Gasteiger partial charge in [-0.3, -0.25) is 0 Å². The van der Waals surface area contributed by atoms with Gasteiger partial charge >= 0.3 is 0 Å². The van der Waals surface area contributed by atoms with Crippen molar-refractivity contribution in [3.05, 3.63) is 132 Å². The van der Waals surface area contributed by atoms with E-state index in [0.29, 0.717) is 0 Å². The molecule has 0 aliphatic heterocycles. The second-order valence-corrected chi connectivity index (χ2v) is 21.1. The van der Waals surface area contributed by atoms with E-state index in [-0.39, 0.29) is 5.41 Å². The first kappa shape index (κ1) is 36.1. The van der Waals surface area contributed by atoms with Gasteiger partial charge in [0, 0.05) is 30.4 Å². The molecule has 4 aromatic rings. The molecule has 0 aliphatic carbocycles. The molecule has 4 nitrogen and oxygen atoms in total. The van der Waals surface area contributed by atoms with Crippen LogP contribution in [-0.2, 0) is 5.41 Å². The largest absolute Gasteiger partial charge is 0.476 e. The molecule has 0 N–H and O–H groups in total. The fourth-order valence-corrected chi connectivity index (χ4v) is 6.99. The van der Waals surface area contributed by atoms with E-state index >= 15 is 0 Å². The Hall–Kier alpha value is -3.74. The highest BCUT2D eigenvalue weighted by molar-refractivity contribution is 8.30. The minimum Gasteiger partial charge on any atom is -0.476 e. The van der Waals surface area contributed by atoms with Crippen LogP contribution in [0.5, 0.6) is 23.0 Å². The fraction of sp³-hybridized carbons (Fsp3) is 0.317. The van der Waals surface area contributed by atoms with Gasteiger partial charge < -0.3 is 17.8 Å². The van der Waals surface area contributed by atoms with Gasteiger partial charge in [-0.2, -0.15) is 0 Å². The Morgan fingerprint density at radius 3 is 1.04 bits per heavy atom. The first-order valence-corrected chi connectivity index (χ1v) is 20.5. The van der Waals surface area contributed by atoms with E-state index in [1.807, 2.05) is 60.7 Å². The number of rotatable bonds is 14. The summed E-state index contributed by atoms with van der Waals surface area (Å²) in [6.07, 6.45) is 12.2. The highest BCUT2D eigenvalue weighted by Gasteiger charge is 2.38. The van der Waals surface area contributed by atoms with Crippen LogP contribution in [0.1, 0.15) is 63.8 Å². The summed E-state index contributed by atoms with van der Waals surface area (Å²) in [4.78, 5) is -1.04. The standard InChI is InChI=1S/C41H52O4S2/c1-13-31-15-23-35(24-16-31)42-40(5,6)47(11,12)45-38-29-21-34(22-30-38)39(3,4)33-19-27-36(28-20-33)43-41(7,8)46(9,10)44-37-25-17-32(14-2)18-26-37/h13-30H,1-2H2,3-12H3. The molecule has 0 spiro atoms. The van der Waals surface area contributed by atoms with Gasteiger partial charge in [0.1, 0.15) is 23.0 Å². The van der Waals surface area contributed by atoms with Gasteiger partial charge in [-0.05, 0) is 98.5 Å². The predicted octanol–water partition coefficient (Wildman–Crippen LogP) is 11.6. The third kappa shape index (κ3) is 8.41. The Morgan fingerprint density at radius 2 is 0.723 bits per heavy atom. The van der Waals surface area contributed by atoms with Gasteiger partial charge in [0.15, 0.2) is 9.87 Å². The minimum absolute atomic E-state index is 0.222. The smallest absolute Gasteiger partial charge is 0.162 e. The van der Waals surface area contributed by atoms with Crippen molar-refractivity contribution in [3.63, 3.8) is 0 Å². The van der Waals surface area contributed by atoms with Gasteiger partial charge in [0.25, 0.3) is 0 Å². The molecule has 0 aliphatic rings. The number of hydrogen-bond acceptors (Lipinski definition) is 4. The minimum atomic E-state index is -1.65. The number of hydrogen-bond donors (Lipinski definition) is 0. The predicted molar refractivity (Wildman–Crippen MR) is 208 cm³/mol. The van der Waals surface area contributed by atoms with E-state index < -0.39 is 30.5 Å². The maximum atomic E-state index is 6.61. The Morgan fingerprint density at radius 1 is 0.447 bits per heavy atom. The zero-order valence-corrected chi connectivity index (χ0v) is 31.4. The molecule has 0 amide bonds. The quantitative estimate of drug-likeness (QED) is 0.134. The molecule has 0 saturated carbocycles. The summed E-state index contributed by atoms with van der Waals surface area (Å²) in [6, 6.07) is 32.8. The van der Waals surface area contributed by atoms with Crippen molar-refractivity contribution in [3.8, 4) is 23.0 Å². The Labute approximate surface area is 286 Å². The molecule has 4 aromatic carbocycles. The molecule has 0 atom stereocenters. The summed E-state index contributed by atoms with van der Waals surface area (Å²) < 4.78 is 26.1. The van der Waals surface area contributed by atoms with Crippen LogP contribution in [-0.4, -0.2) is 34.9 Å². The number of ether oxygens (including phenoxy) is 2. The summed E-state index contributed by atoms with van der Waals surface area (Å²) in [6.45, 7) is 20.5. The van der Waals surface area contributed by atoms with Gasteiger partial charge in [-0.1, -0.05) is 108 Å². The van der Waals surface area contributed by atoms with Gasteiger partial charge in [-0.15, -0.1) is 0 Å². The maximum Gasteiger partial charge on any atom is 0.162 e. The third-order valence-electron chi connectivity index (χ3n) is 9.09. The van der Waals surface area contributed by atoms with Crippen molar-refractivity contribution in [2.75, 3.05) is 25.0 Å². The molecule has 0 fully saturated rings. The topological polar surface area (TPSA) is 36.9 Å². The molecule has 0 unspecified atom stereocenters. The van der Waals surface area contributed by atoms with E-state index in [9.17, 15) is 0 Å². The monoisotopic (exact) mass is 672 g/mol. The average Bonchev–Trinajstić information content (AvgIpc) is 3.01. The lowest BCUT2D eigenvalue weighted by Gasteiger charge is -2.45. The van der Waals surface area contributed by atoms with E-state index in [1.165, 1.54) is 11.1 Å². The molecule has 252 valence electrons. The molecule has 47 heavy (non-hydrogen) atoms. The summed E-state index contributed by atoms with van der Waals surface area (Å²) in [5.41, 5.74) is 4.30. The van der Waals surface area contributed by atoms with Crippen LogP contribution in [0.25, 0.3) is 12.2 Å². The Bertz CT molecular complexity index is 1520. The summed E-state index contributed by atoms with van der Waals surface area (Å²) in [5.74, 6) is 3.29. The maximum absolute atomic E-state index is 6.61. The van der Waals surface area contributed by atoms with Crippen molar-refractivity contribution in [2.45, 2.75) is 56.8 Å². The zero-order chi connectivity index (χ0) is 34.7. The first-order chi connectivity index (χ1) is 21.9. The van der Waals surface area contributed by atoms with Crippen LogP contribution in [0.3, 0.4) is 0 Å². The molecule has 4 rings (SSSR count). The van der Waals surface area contributed by atoms with Crippen LogP contribution in [0, 0.1) is 0 Å². The zero-order valence-electron chi connectivity index (χ0n) is 29.8. The SMILES string of the molecule is C=Cc1ccc(OC(C)(C)S(C)(C)Oc2ccc(C(C)(C)c3ccc(OC(C)(C)S(C)(C)Oc4ccc(C=C)cc4)cc3)cc2)cc1. The average molecular weight is 673 g/mol. The molecular formula is C41H52O4S2. The van der Waals surface area contributed by atoms with Crippen molar-refractivity contribution >= 4 is 32.8 Å². The lowest BCUT2D eigenvalue weighted by molar-refractivity contribution is 0.194. The second kappa shape index (κ2) is 13.8. The highest BCUT2D eigenvalue weighted by Crippen LogP contribution is 2.55. The lowest BCUT2D eigenvalue weighted by atomic mass is 9.78. The molecule has 0 saturated heterocycles. The van der Waals surface area contributed by atoms with Crippen molar-refractivity contribution in [1.29, 1.82) is 0 Å². The van der Waals surface area contributed by atoms with E-state index in [2.05, 4.69) is 128 Å². The van der Waals surface area contributed by atoms with Crippen molar-refractivity contribution in [2.24, 2.45) is 0 Å². The third-order valence-corrected chi connectivity index (χ3v) is 15.2. The van der Waals surface area contributed by atoms with Crippen LogP contribution in [0.4, 0.5) is 0 Å². The van der Waals surface area contributed by atoms with Gasteiger partial charge in [0.05, 0.1) is 0 Å². The van der Waals surface area contributed by atoms with Crippen LogP contribution >= 0.6 is 20.6 Å².